The summed E-state index contributed by atoms with van der Waals surface area (Å²) in [6.07, 6.45) is 1.53. The normalized spacial score (nSPS) is 23.3. The van der Waals surface area contributed by atoms with E-state index in [-0.39, 0.29) is 17.9 Å². The van der Waals surface area contributed by atoms with Crippen molar-refractivity contribution in [3.8, 4) is 0 Å². The van der Waals surface area contributed by atoms with Gasteiger partial charge in [0.1, 0.15) is 12.1 Å². The molecule has 0 aliphatic carbocycles. The van der Waals surface area contributed by atoms with Gasteiger partial charge < -0.3 is 10.2 Å². The van der Waals surface area contributed by atoms with Crippen LogP contribution in [-0.4, -0.2) is 35.3 Å². The smallest absolute Gasteiger partial charge is 0.245 e. The van der Waals surface area contributed by atoms with Crippen molar-refractivity contribution in [3.63, 3.8) is 0 Å². The van der Waals surface area contributed by atoms with Crippen molar-refractivity contribution in [3.05, 3.63) is 22.4 Å². The molecule has 0 saturated carbocycles. The summed E-state index contributed by atoms with van der Waals surface area (Å²) in [6, 6.07) is 3.35. The highest BCUT2D eigenvalue weighted by Gasteiger charge is 2.38. The lowest BCUT2D eigenvalue weighted by Crippen LogP contribution is -2.62. The summed E-state index contributed by atoms with van der Waals surface area (Å²) in [4.78, 5) is 27.5. The average Bonchev–Trinajstić information content (AvgIpc) is 2.88. The Morgan fingerprint density at radius 3 is 2.75 bits per heavy atom. The minimum atomic E-state index is -0.408. The largest absolute Gasteiger partial charge is 0.343 e. The van der Waals surface area contributed by atoms with E-state index in [4.69, 9.17) is 0 Å². The molecule has 2 amide bonds. The number of hydrogen-bond acceptors (Lipinski definition) is 3. The number of thiophene rings is 1. The highest BCUT2D eigenvalue weighted by Crippen LogP contribution is 2.19. The van der Waals surface area contributed by atoms with Crippen LogP contribution in [0.15, 0.2) is 17.5 Å². The van der Waals surface area contributed by atoms with Gasteiger partial charge in [-0.2, -0.15) is 0 Å². The first-order valence-electron chi connectivity index (χ1n) is 7.12. The monoisotopic (exact) mass is 294 g/mol. The summed E-state index contributed by atoms with van der Waals surface area (Å²) >= 11 is 1.69. The molecule has 2 atom stereocenters. The number of carbonyl (C=O) groups excluding carboxylic acids is 2. The van der Waals surface area contributed by atoms with Crippen molar-refractivity contribution >= 4 is 23.2 Å². The molecule has 0 radical (unpaired) electrons. The van der Waals surface area contributed by atoms with Crippen LogP contribution < -0.4 is 5.32 Å². The molecule has 0 spiro atoms. The SMILES string of the molecule is CC(C)CC1C(=O)NC(C)C(=O)N1CCc1cccs1. The van der Waals surface area contributed by atoms with E-state index in [2.05, 4.69) is 25.2 Å². The summed E-state index contributed by atoms with van der Waals surface area (Å²) in [5, 5.41) is 4.82. The third kappa shape index (κ3) is 3.39. The molecule has 4 nitrogen and oxygen atoms in total. The Hall–Kier alpha value is -1.36. The topological polar surface area (TPSA) is 49.4 Å². The maximum Gasteiger partial charge on any atom is 0.245 e. The molecule has 1 aromatic rings. The zero-order valence-corrected chi connectivity index (χ0v) is 13.1. The molecule has 1 aliphatic heterocycles. The Bertz CT molecular complexity index is 470. The number of piperazine rings is 1. The molecule has 20 heavy (non-hydrogen) atoms. The number of amides is 2. The van der Waals surface area contributed by atoms with Gasteiger partial charge in [0.25, 0.3) is 0 Å². The van der Waals surface area contributed by atoms with Gasteiger partial charge in [0.2, 0.25) is 11.8 Å². The van der Waals surface area contributed by atoms with Crippen LogP contribution in [-0.2, 0) is 16.0 Å². The predicted octanol–water partition coefficient (Wildman–Crippen LogP) is 2.05. The minimum absolute atomic E-state index is 0.0167. The van der Waals surface area contributed by atoms with E-state index in [9.17, 15) is 9.59 Å². The standard InChI is InChI=1S/C15H22N2O2S/c1-10(2)9-13-14(18)16-11(3)15(19)17(13)7-6-12-5-4-8-20-12/h4-5,8,10-11,13H,6-7,9H2,1-3H3,(H,16,18). The van der Waals surface area contributed by atoms with Gasteiger partial charge in [-0.1, -0.05) is 19.9 Å². The third-order valence-electron chi connectivity index (χ3n) is 3.57. The molecule has 1 aliphatic rings. The van der Waals surface area contributed by atoms with Crippen LogP contribution >= 0.6 is 11.3 Å². The molecule has 2 rings (SSSR count). The Morgan fingerprint density at radius 2 is 2.15 bits per heavy atom. The second kappa shape index (κ2) is 6.39. The van der Waals surface area contributed by atoms with Crippen molar-refractivity contribution in [1.29, 1.82) is 0 Å². The predicted molar refractivity (Wildman–Crippen MR) is 80.6 cm³/mol. The molecule has 2 unspecified atom stereocenters. The fourth-order valence-electron chi connectivity index (χ4n) is 2.55. The van der Waals surface area contributed by atoms with Crippen LogP contribution in [0.2, 0.25) is 0 Å². The summed E-state index contributed by atoms with van der Waals surface area (Å²) in [7, 11) is 0. The van der Waals surface area contributed by atoms with Crippen molar-refractivity contribution in [2.75, 3.05) is 6.54 Å². The van der Waals surface area contributed by atoms with E-state index < -0.39 is 6.04 Å². The van der Waals surface area contributed by atoms with Crippen LogP contribution in [0.4, 0.5) is 0 Å². The molecular weight excluding hydrogens is 272 g/mol. The molecule has 1 aromatic heterocycles. The van der Waals surface area contributed by atoms with Crippen LogP contribution in [0.5, 0.6) is 0 Å². The fraction of sp³-hybridized carbons (Fsp3) is 0.600. The molecule has 1 fully saturated rings. The highest BCUT2D eigenvalue weighted by atomic mass is 32.1. The maximum absolute atomic E-state index is 12.3. The first kappa shape index (κ1) is 15.0. The van der Waals surface area contributed by atoms with E-state index >= 15 is 0 Å². The maximum atomic E-state index is 12.3. The van der Waals surface area contributed by atoms with Crippen molar-refractivity contribution in [2.24, 2.45) is 5.92 Å². The summed E-state index contributed by atoms with van der Waals surface area (Å²) in [6.45, 7) is 6.53. The molecule has 5 heteroatoms. The molecule has 110 valence electrons. The van der Waals surface area contributed by atoms with Crippen molar-refractivity contribution < 1.29 is 9.59 Å². The lowest BCUT2D eigenvalue weighted by molar-refractivity contribution is -0.149. The summed E-state index contributed by atoms with van der Waals surface area (Å²) in [5.41, 5.74) is 0. The first-order valence-corrected chi connectivity index (χ1v) is 8.00. The molecule has 1 saturated heterocycles. The van der Waals surface area contributed by atoms with Gasteiger partial charge in [-0.25, -0.2) is 0 Å². The number of nitrogens with zero attached hydrogens (tertiary/aromatic N) is 1. The van der Waals surface area contributed by atoms with E-state index in [0.29, 0.717) is 18.9 Å². The highest BCUT2D eigenvalue weighted by molar-refractivity contribution is 7.09. The van der Waals surface area contributed by atoms with Gasteiger partial charge in [-0.3, -0.25) is 9.59 Å². The van der Waals surface area contributed by atoms with E-state index in [0.717, 1.165) is 6.42 Å². The molecule has 0 aromatic carbocycles. The van der Waals surface area contributed by atoms with Crippen LogP contribution in [0.3, 0.4) is 0 Å². The van der Waals surface area contributed by atoms with Gasteiger partial charge in [0.15, 0.2) is 0 Å². The first-order chi connectivity index (χ1) is 9.49. The molecule has 2 heterocycles. The number of nitrogens with one attached hydrogen (secondary N) is 1. The van der Waals surface area contributed by atoms with Gasteiger partial charge in [-0.15, -0.1) is 11.3 Å². The van der Waals surface area contributed by atoms with Crippen LogP contribution in [0.25, 0.3) is 0 Å². The molecule has 1 N–H and O–H groups in total. The average molecular weight is 294 g/mol. The van der Waals surface area contributed by atoms with Crippen molar-refractivity contribution in [1.82, 2.24) is 10.2 Å². The number of rotatable bonds is 5. The van der Waals surface area contributed by atoms with E-state index in [1.807, 2.05) is 11.4 Å². The van der Waals surface area contributed by atoms with Gasteiger partial charge >= 0.3 is 0 Å². The zero-order valence-electron chi connectivity index (χ0n) is 12.3. The Kier molecular flexibility index (Phi) is 4.81. The minimum Gasteiger partial charge on any atom is -0.343 e. The number of hydrogen-bond donors (Lipinski definition) is 1. The third-order valence-corrected chi connectivity index (χ3v) is 4.50. The van der Waals surface area contributed by atoms with Gasteiger partial charge in [-0.05, 0) is 37.1 Å². The summed E-state index contributed by atoms with van der Waals surface area (Å²) < 4.78 is 0. The quantitative estimate of drug-likeness (QED) is 0.903. The van der Waals surface area contributed by atoms with Crippen LogP contribution in [0.1, 0.15) is 32.1 Å². The molecule has 0 bridgehead atoms. The lowest BCUT2D eigenvalue weighted by Gasteiger charge is -2.38. The number of carbonyl (C=O) groups is 2. The molecular formula is C15H22N2O2S. The van der Waals surface area contributed by atoms with Gasteiger partial charge in [0.05, 0.1) is 0 Å². The lowest BCUT2D eigenvalue weighted by atomic mass is 9.98. The van der Waals surface area contributed by atoms with E-state index in [1.165, 1.54) is 4.88 Å². The van der Waals surface area contributed by atoms with Gasteiger partial charge in [0, 0.05) is 11.4 Å². The summed E-state index contributed by atoms with van der Waals surface area (Å²) in [5.74, 6) is 0.403. The second-order valence-corrected chi connectivity index (χ2v) is 6.77. The van der Waals surface area contributed by atoms with Crippen LogP contribution in [0, 0.1) is 5.92 Å². The van der Waals surface area contributed by atoms with Crippen molar-refractivity contribution in [2.45, 2.75) is 45.7 Å². The Morgan fingerprint density at radius 1 is 1.40 bits per heavy atom. The zero-order chi connectivity index (χ0) is 14.7. The fourth-order valence-corrected chi connectivity index (χ4v) is 3.25. The second-order valence-electron chi connectivity index (χ2n) is 5.74. The Labute approximate surface area is 124 Å². The van der Waals surface area contributed by atoms with E-state index in [1.54, 1.807) is 23.2 Å². The Balaban J connectivity index is 2.09.